The molecule has 0 unspecified atom stereocenters. The van der Waals surface area contributed by atoms with Crippen LogP contribution in [0.15, 0.2) is 63.7 Å². The van der Waals surface area contributed by atoms with Gasteiger partial charge in [0.25, 0.3) is 0 Å². The predicted octanol–water partition coefficient (Wildman–Crippen LogP) is 5.06. The lowest BCUT2D eigenvalue weighted by molar-refractivity contribution is 0.412. The number of nitrogens with zero attached hydrogens (tertiary/aromatic N) is 4. The van der Waals surface area contributed by atoms with Crippen LogP contribution in [0.25, 0.3) is 0 Å². The first kappa shape index (κ1) is 21.9. The van der Waals surface area contributed by atoms with Crippen molar-refractivity contribution in [3.05, 3.63) is 48.5 Å². The number of nitriles is 1. The van der Waals surface area contributed by atoms with E-state index in [9.17, 15) is 8.42 Å². The van der Waals surface area contributed by atoms with Gasteiger partial charge in [-0.05, 0) is 49.2 Å². The summed E-state index contributed by atoms with van der Waals surface area (Å²) in [5, 5.41) is 17.1. The van der Waals surface area contributed by atoms with Gasteiger partial charge in [-0.25, -0.2) is 13.1 Å². The monoisotopic (exact) mass is 425 g/mol. The Balaban J connectivity index is 1.74. The van der Waals surface area contributed by atoms with Gasteiger partial charge in [-0.15, -0.1) is 5.11 Å². The minimum absolute atomic E-state index is 0.0145. The minimum Gasteiger partial charge on any atom is -0.374 e. The molecule has 0 aliphatic heterocycles. The normalized spacial score (nSPS) is 15.2. The van der Waals surface area contributed by atoms with Crippen molar-refractivity contribution < 1.29 is 8.42 Å². The molecular weight excluding hydrogens is 398 g/mol. The molecule has 0 saturated heterocycles. The van der Waals surface area contributed by atoms with Gasteiger partial charge in [0.2, 0.25) is 10.0 Å². The lowest BCUT2D eigenvalue weighted by Gasteiger charge is -2.22. The summed E-state index contributed by atoms with van der Waals surface area (Å²) in [5.41, 5.74) is 1.92. The van der Waals surface area contributed by atoms with Crippen molar-refractivity contribution in [3.8, 4) is 6.07 Å². The van der Waals surface area contributed by atoms with E-state index in [0.717, 1.165) is 37.8 Å². The molecule has 0 radical (unpaired) electrons. The molecule has 30 heavy (non-hydrogen) atoms. The maximum atomic E-state index is 12.9. The number of hydrogen-bond acceptors (Lipinski definition) is 6. The number of azo groups is 1. The summed E-state index contributed by atoms with van der Waals surface area (Å²) in [6.45, 7) is 0.649. The Morgan fingerprint density at radius 1 is 1.07 bits per heavy atom. The average Bonchev–Trinajstić information content (AvgIpc) is 2.77. The first-order valence-corrected chi connectivity index (χ1v) is 11.7. The number of hydrogen-bond donors (Lipinski definition) is 1. The maximum Gasteiger partial charge on any atom is 0.243 e. The van der Waals surface area contributed by atoms with E-state index in [-0.39, 0.29) is 10.9 Å². The Kier molecular flexibility index (Phi) is 7.55. The van der Waals surface area contributed by atoms with Crippen LogP contribution in [0.1, 0.15) is 38.5 Å². The number of anilines is 1. The molecule has 1 aliphatic carbocycles. The van der Waals surface area contributed by atoms with Crippen molar-refractivity contribution in [2.75, 3.05) is 18.5 Å². The Morgan fingerprint density at radius 2 is 1.77 bits per heavy atom. The van der Waals surface area contributed by atoms with Gasteiger partial charge in [0, 0.05) is 25.3 Å². The Morgan fingerprint density at radius 3 is 2.47 bits per heavy atom. The highest BCUT2D eigenvalue weighted by Crippen LogP contribution is 2.28. The van der Waals surface area contributed by atoms with E-state index in [0.29, 0.717) is 24.3 Å². The third-order valence-electron chi connectivity index (χ3n) is 5.20. The second-order valence-corrected chi connectivity index (χ2v) is 9.15. The molecule has 2 aromatic carbocycles. The van der Waals surface area contributed by atoms with Gasteiger partial charge >= 0.3 is 0 Å². The first-order valence-electron chi connectivity index (χ1n) is 10.2. The standard InChI is InChI=1S/C22H27N5O2S/c1-27(17-7-16-23)20-14-12-18(13-15-20)24-25-21-10-5-6-11-22(21)30(28,29)26-19-8-3-2-4-9-19/h5-6,10-15,19,26H,2-4,7-9,17H2,1H3. The molecule has 1 N–H and O–H groups in total. The summed E-state index contributed by atoms with van der Waals surface area (Å²) in [6, 6.07) is 16.2. The molecule has 8 heteroatoms. The van der Waals surface area contributed by atoms with Crippen molar-refractivity contribution in [1.29, 1.82) is 5.26 Å². The molecule has 3 rings (SSSR count). The van der Waals surface area contributed by atoms with E-state index in [2.05, 4.69) is 21.0 Å². The zero-order chi connectivity index (χ0) is 21.4. The van der Waals surface area contributed by atoms with Crippen LogP contribution in [0.3, 0.4) is 0 Å². The van der Waals surface area contributed by atoms with Crippen LogP contribution in [0.5, 0.6) is 0 Å². The van der Waals surface area contributed by atoms with Gasteiger partial charge in [0.05, 0.1) is 18.2 Å². The summed E-state index contributed by atoms with van der Waals surface area (Å²) in [4.78, 5) is 2.13. The average molecular weight is 426 g/mol. The van der Waals surface area contributed by atoms with Crippen LogP contribution in [0.2, 0.25) is 0 Å². The van der Waals surface area contributed by atoms with Gasteiger partial charge in [0.1, 0.15) is 10.6 Å². The molecule has 158 valence electrons. The summed E-state index contributed by atoms with van der Waals surface area (Å²) in [6.07, 6.45) is 5.47. The fraction of sp³-hybridized carbons (Fsp3) is 0.409. The molecule has 0 spiro atoms. The van der Waals surface area contributed by atoms with E-state index in [1.54, 1.807) is 24.3 Å². The topological polar surface area (TPSA) is 97.9 Å². The molecule has 0 atom stereocenters. The molecule has 1 saturated carbocycles. The van der Waals surface area contributed by atoms with E-state index < -0.39 is 10.0 Å². The highest BCUT2D eigenvalue weighted by atomic mass is 32.2. The van der Waals surface area contributed by atoms with Crippen molar-refractivity contribution >= 4 is 27.1 Å². The fourth-order valence-corrected chi connectivity index (χ4v) is 4.95. The third-order valence-corrected chi connectivity index (χ3v) is 6.77. The lowest BCUT2D eigenvalue weighted by Crippen LogP contribution is -2.36. The second-order valence-electron chi connectivity index (χ2n) is 7.47. The van der Waals surface area contributed by atoms with E-state index in [4.69, 9.17) is 5.26 Å². The molecule has 1 fully saturated rings. The SMILES string of the molecule is CN(CCC#N)c1ccc(N=Nc2ccccc2S(=O)(=O)NC2CCCCC2)cc1. The number of nitrogens with one attached hydrogen (secondary N) is 1. The highest BCUT2D eigenvalue weighted by molar-refractivity contribution is 7.89. The van der Waals surface area contributed by atoms with Crippen LogP contribution >= 0.6 is 0 Å². The van der Waals surface area contributed by atoms with Crippen molar-refractivity contribution in [3.63, 3.8) is 0 Å². The summed E-state index contributed by atoms with van der Waals surface area (Å²) in [5.74, 6) is 0. The van der Waals surface area contributed by atoms with Crippen LogP contribution in [0, 0.1) is 11.3 Å². The predicted molar refractivity (Wildman–Crippen MR) is 118 cm³/mol. The van der Waals surface area contributed by atoms with Crippen molar-refractivity contribution in [2.24, 2.45) is 10.2 Å². The van der Waals surface area contributed by atoms with E-state index >= 15 is 0 Å². The smallest absolute Gasteiger partial charge is 0.243 e. The molecule has 1 aliphatic rings. The molecule has 7 nitrogen and oxygen atoms in total. The minimum atomic E-state index is -3.66. The van der Waals surface area contributed by atoms with Gasteiger partial charge in [0.15, 0.2) is 0 Å². The largest absolute Gasteiger partial charge is 0.374 e. The van der Waals surface area contributed by atoms with Gasteiger partial charge < -0.3 is 4.90 Å². The van der Waals surface area contributed by atoms with Crippen LogP contribution in [0.4, 0.5) is 17.1 Å². The Labute approximate surface area is 178 Å². The van der Waals surface area contributed by atoms with Crippen molar-refractivity contribution in [2.45, 2.75) is 49.5 Å². The highest BCUT2D eigenvalue weighted by Gasteiger charge is 2.24. The maximum absolute atomic E-state index is 12.9. The zero-order valence-corrected chi connectivity index (χ0v) is 18.0. The van der Waals surface area contributed by atoms with E-state index in [1.165, 1.54) is 0 Å². The first-order chi connectivity index (χ1) is 14.5. The lowest BCUT2D eigenvalue weighted by atomic mass is 9.96. The molecule has 0 amide bonds. The quantitative estimate of drug-likeness (QED) is 0.597. The van der Waals surface area contributed by atoms with E-state index in [1.807, 2.05) is 36.2 Å². The van der Waals surface area contributed by atoms with Crippen LogP contribution < -0.4 is 9.62 Å². The Bertz CT molecular complexity index is 1010. The molecular formula is C22H27N5O2S. The number of benzene rings is 2. The second kappa shape index (κ2) is 10.3. The fourth-order valence-electron chi connectivity index (χ4n) is 3.50. The molecule has 0 aromatic heterocycles. The van der Waals surface area contributed by atoms with Crippen molar-refractivity contribution in [1.82, 2.24) is 4.72 Å². The van der Waals surface area contributed by atoms with Gasteiger partial charge in [-0.2, -0.15) is 10.4 Å². The summed E-state index contributed by atoms with van der Waals surface area (Å²) in [7, 11) is -1.73. The summed E-state index contributed by atoms with van der Waals surface area (Å²) < 4.78 is 28.6. The number of rotatable bonds is 8. The molecule has 0 bridgehead atoms. The Hall–Kier alpha value is -2.76. The van der Waals surface area contributed by atoms with Gasteiger partial charge in [-0.1, -0.05) is 31.4 Å². The van der Waals surface area contributed by atoms with Crippen LogP contribution in [-0.2, 0) is 10.0 Å². The van der Waals surface area contributed by atoms with Crippen LogP contribution in [-0.4, -0.2) is 28.1 Å². The van der Waals surface area contributed by atoms with Gasteiger partial charge in [-0.3, -0.25) is 0 Å². The molecule has 2 aromatic rings. The molecule has 0 heterocycles. The summed E-state index contributed by atoms with van der Waals surface area (Å²) >= 11 is 0. The number of sulfonamides is 1. The zero-order valence-electron chi connectivity index (χ0n) is 17.2. The third kappa shape index (κ3) is 5.88.